The van der Waals surface area contributed by atoms with E-state index in [-0.39, 0.29) is 17.4 Å². The molecule has 0 bridgehead atoms. The van der Waals surface area contributed by atoms with E-state index in [1.165, 1.54) is 4.68 Å². The lowest BCUT2D eigenvalue weighted by atomic mass is 10.2. The number of hydrogen-bond acceptors (Lipinski definition) is 3. The maximum Gasteiger partial charge on any atom is 0.276 e. The molecule has 1 aromatic heterocycles. The first-order valence-electron chi connectivity index (χ1n) is 5.53. The van der Waals surface area contributed by atoms with Crippen molar-refractivity contribution >= 4 is 0 Å². The monoisotopic (exact) mass is 231 g/mol. The normalized spacial score (nSPS) is 18.3. The highest BCUT2D eigenvalue weighted by Crippen LogP contribution is 2.21. The van der Waals surface area contributed by atoms with Crippen LogP contribution in [0.2, 0.25) is 0 Å². The summed E-state index contributed by atoms with van der Waals surface area (Å²) in [4.78, 5) is 12.2. The van der Waals surface area contributed by atoms with Gasteiger partial charge in [-0.25, -0.2) is 4.68 Å². The van der Waals surface area contributed by atoms with Crippen LogP contribution in [0, 0.1) is 0 Å². The molecule has 88 valence electrons. The number of phenolic OH excluding ortho intramolecular Hbond substituents is 1. The van der Waals surface area contributed by atoms with E-state index >= 15 is 0 Å². The maximum absolute atomic E-state index is 12.2. The van der Waals surface area contributed by atoms with Gasteiger partial charge in [0.2, 0.25) is 0 Å². The third kappa shape index (κ3) is 1.47. The number of hydrogen-bond donors (Lipinski definition) is 3. The molecule has 3 N–H and O–H groups in total. The van der Waals surface area contributed by atoms with Gasteiger partial charge in [0.1, 0.15) is 5.75 Å². The second-order valence-corrected chi connectivity index (χ2v) is 4.26. The number of nitrogens with one attached hydrogen (secondary N) is 2. The molecule has 0 saturated heterocycles. The second kappa shape index (κ2) is 3.49. The van der Waals surface area contributed by atoms with Crippen molar-refractivity contribution in [2.45, 2.75) is 19.5 Å². The Morgan fingerprint density at radius 1 is 1.35 bits per heavy atom. The molecule has 5 nitrogen and oxygen atoms in total. The smallest absolute Gasteiger partial charge is 0.276 e. The Hall–Kier alpha value is -2.01. The average Bonchev–Trinajstić information content (AvgIpc) is 2.83. The zero-order valence-electron chi connectivity index (χ0n) is 9.40. The highest BCUT2D eigenvalue weighted by atomic mass is 16.3. The molecule has 1 aliphatic heterocycles. The molecular formula is C12H13N3O2. The van der Waals surface area contributed by atoms with E-state index in [0.717, 1.165) is 16.9 Å². The van der Waals surface area contributed by atoms with Crippen molar-refractivity contribution in [2.24, 2.45) is 0 Å². The van der Waals surface area contributed by atoms with Crippen molar-refractivity contribution in [3.05, 3.63) is 45.9 Å². The Labute approximate surface area is 97.7 Å². The second-order valence-electron chi connectivity index (χ2n) is 4.26. The lowest BCUT2D eigenvalue weighted by Crippen LogP contribution is -2.22. The van der Waals surface area contributed by atoms with Crippen molar-refractivity contribution < 1.29 is 5.11 Å². The molecule has 0 saturated carbocycles. The molecule has 2 heterocycles. The van der Waals surface area contributed by atoms with Gasteiger partial charge in [-0.1, -0.05) is 0 Å². The number of benzene rings is 1. The first-order valence-corrected chi connectivity index (χ1v) is 5.53. The van der Waals surface area contributed by atoms with Gasteiger partial charge < -0.3 is 10.4 Å². The summed E-state index contributed by atoms with van der Waals surface area (Å²) in [6, 6.07) is 6.64. The van der Waals surface area contributed by atoms with E-state index in [2.05, 4.69) is 10.4 Å². The summed E-state index contributed by atoms with van der Waals surface area (Å²) in [6.45, 7) is 2.67. The summed E-state index contributed by atoms with van der Waals surface area (Å²) in [6.07, 6.45) is 0. The molecule has 1 atom stereocenters. The molecule has 0 aliphatic carbocycles. The first kappa shape index (κ1) is 10.2. The fraction of sp³-hybridized carbons (Fsp3) is 0.250. The predicted molar refractivity (Wildman–Crippen MR) is 63.3 cm³/mol. The summed E-state index contributed by atoms with van der Waals surface area (Å²) in [5.41, 5.74) is 2.45. The molecule has 2 aromatic rings. The summed E-state index contributed by atoms with van der Waals surface area (Å²) in [7, 11) is 0. The highest BCUT2D eigenvalue weighted by molar-refractivity contribution is 5.38. The van der Waals surface area contributed by atoms with Crippen LogP contribution in [0.1, 0.15) is 24.2 Å². The summed E-state index contributed by atoms with van der Waals surface area (Å²) in [5.74, 6) is 0.191. The van der Waals surface area contributed by atoms with Gasteiger partial charge >= 0.3 is 0 Å². The van der Waals surface area contributed by atoms with Crippen molar-refractivity contribution in [3.8, 4) is 11.4 Å². The van der Waals surface area contributed by atoms with Crippen LogP contribution in [-0.4, -0.2) is 14.9 Å². The fourth-order valence-corrected chi connectivity index (χ4v) is 2.22. The van der Waals surface area contributed by atoms with E-state index < -0.39 is 0 Å². The van der Waals surface area contributed by atoms with Crippen LogP contribution in [0.25, 0.3) is 5.69 Å². The topological polar surface area (TPSA) is 70.1 Å². The van der Waals surface area contributed by atoms with Gasteiger partial charge in [0.05, 0.1) is 16.9 Å². The number of aromatic amines is 1. The zero-order valence-corrected chi connectivity index (χ0v) is 9.40. The number of aromatic nitrogens is 2. The van der Waals surface area contributed by atoms with Gasteiger partial charge in [-0.15, -0.1) is 0 Å². The average molecular weight is 231 g/mol. The van der Waals surface area contributed by atoms with Crippen LogP contribution in [-0.2, 0) is 6.54 Å². The third-order valence-electron chi connectivity index (χ3n) is 3.13. The van der Waals surface area contributed by atoms with Gasteiger partial charge in [-0.3, -0.25) is 9.89 Å². The van der Waals surface area contributed by atoms with Crippen LogP contribution in [0.15, 0.2) is 29.1 Å². The number of nitrogens with zero attached hydrogens (tertiary/aromatic N) is 1. The van der Waals surface area contributed by atoms with Gasteiger partial charge in [0.25, 0.3) is 5.56 Å². The molecule has 1 unspecified atom stereocenters. The first-order chi connectivity index (χ1) is 8.16. The zero-order chi connectivity index (χ0) is 12.0. The number of rotatable bonds is 1. The number of H-pyrrole nitrogens is 1. The van der Waals surface area contributed by atoms with E-state index in [9.17, 15) is 9.90 Å². The summed E-state index contributed by atoms with van der Waals surface area (Å²) >= 11 is 0. The van der Waals surface area contributed by atoms with Gasteiger partial charge in [0.15, 0.2) is 0 Å². The fourth-order valence-electron chi connectivity index (χ4n) is 2.22. The Kier molecular flexibility index (Phi) is 2.09. The molecule has 0 amide bonds. The molecule has 0 fully saturated rings. The Bertz CT molecular complexity index is 610. The number of fused-ring (bicyclic) bond motifs is 1. The SMILES string of the molecule is CC1NCc2[nH]n(-c3ccc(O)cc3)c(=O)c21. The molecule has 3 rings (SSSR count). The minimum absolute atomic E-state index is 0.0248. The molecule has 1 aromatic carbocycles. The van der Waals surface area contributed by atoms with Gasteiger partial charge in [-0.05, 0) is 31.2 Å². The largest absolute Gasteiger partial charge is 0.508 e. The lowest BCUT2D eigenvalue weighted by Gasteiger charge is -2.04. The maximum atomic E-state index is 12.2. The van der Waals surface area contributed by atoms with E-state index in [4.69, 9.17) is 0 Å². The third-order valence-corrected chi connectivity index (χ3v) is 3.13. The molecule has 0 radical (unpaired) electrons. The van der Waals surface area contributed by atoms with Crippen molar-refractivity contribution in [1.82, 2.24) is 15.1 Å². The number of aromatic hydroxyl groups is 1. The van der Waals surface area contributed by atoms with Crippen molar-refractivity contribution in [1.29, 1.82) is 0 Å². The van der Waals surface area contributed by atoms with Crippen molar-refractivity contribution in [2.75, 3.05) is 0 Å². The van der Waals surface area contributed by atoms with E-state index in [1.807, 2.05) is 6.92 Å². The molecule has 5 heteroatoms. The standard InChI is InChI=1S/C12H13N3O2/c1-7-11-10(6-13-7)14-15(12(11)17)8-2-4-9(16)5-3-8/h2-5,7,13-14,16H,6H2,1H3. The Morgan fingerprint density at radius 2 is 2.06 bits per heavy atom. The molecule has 0 spiro atoms. The van der Waals surface area contributed by atoms with Crippen molar-refractivity contribution in [3.63, 3.8) is 0 Å². The lowest BCUT2D eigenvalue weighted by molar-refractivity contribution is 0.475. The van der Waals surface area contributed by atoms with Crippen LogP contribution in [0.3, 0.4) is 0 Å². The van der Waals surface area contributed by atoms with Crippen LogP contribution < -0.4 is 10.9 Å². The van der Waals surface area contributed by atoms with Crippen LogP contribution >= 0.6 is 0 Å². The summed E-state index contributed by atoms with van der Waals surface area (Å²) < 4.78 is 1.52. The van der Waals surface area contributed by atoms with Gasteiger partial charge in [0, 0.05) is 12.6 Å². The van der Waals surface area contributed by atoms with E-state index in [0.29, 0.717) is 6.54 Å². The minimum Gasteiger partial charge on any atom is -0.508 e. The number of phenols is 1. The van der Waals surface area contributed by atoms with Crippen LogP contribution in [0.4, 0.5) is 0 Å². The quantitative estimate of drug-likeness (QED) is 0.686. The predicted octanol–water partition coefficient (Wildman–Crippen LogP) is 1.04. The molecule has 1 aliphatic rings. The Balaban J connectivity index is 2.14. The van der Waals surface area contributed by atoms with Crippen LogP contribution in [0.5, 0.6) is 5.75 Å². The molecule has 17 heavy (non-hydrogen) atoms. The molecular weight excluding hydrogens is 218 g/mol. The minimum atomic E-state index is -0.0248. The summed E-state index contributed by atoms with van der Waals surface area (Å²) in [5, 5.41) is 15.5. The Morgan fingerprint density at radius 3 is 2.71 bits per heavy atom. The van der Waals surface area contributed by atoms with Gasteiger partial charge in [-0.2, -0.15) is 0 Å². The van der Waals surface area contributed by atoms with E-state index in [1.54, 1.807) is 24.3 Å². The highest BCUT2D eigenvalue weighted by Gasteiger charge is 2.25.